The third-order valence-corrected chi connectivity index (χ3v) is 5.28. The van der Waals surface area contributed by atoms with Crippen LogP contribution in [0.4, 0.5) is 5.69 Å². The van der Waals surface area contributed by atoms with Gasteiger partial charge in [0.05, 0.1) is 0 Å². The van der Waals surface area contributed by atoms with Crippen molar-refractivity contribution in [1.29, 1.82) is 0 Å². The van der Waals surface area contributed by atoms with Gasteiger partial charge in [0.1, 0.15) is 0 Å². The number of carbonyl (C=O) groups excluding carboxylic acids is 2. The van der Waals surface area contributed by atoms with E-state index in [-0.39, 0.29) is 11.0 Å². The van der Waals surface area contributed by atoms with Gasteiger partial charge in [-0.25, -0.2) is 0 Å². The molecule has 8 heteroatoms. The molecule has 0 atom stereocenters. The summed E-state index contributed by atoms with van der Waals surface area (Å²) in [7, 11) is 0. The normalized spacial score (nSPS) is 14.1. The highest BCUT2D eigenvalue weighted by atomic mass is 35.5. The monoisotopic (exact) mass is 449 g/mol. The fourth-order valence-corrected chi connectivity index (χ4v) is 3.91. The van der Waals surface area contributed by atoms with Crippen molar-refractivity contribution < 1.29 is 9.59 Å². The zero-order valence-electron chi connectivity index (χ0n) is 15.7. The van der Waals surface area contributed by atoms with Crippen molar-refractivity contribution in [3.05, 3.63) is 63.6 Å². The lowest BCUT2D eigenvalue weighted by Crippen LogP contribution is -2.34. The predicted octanol–water partition coefficient (Wildman–Crippen LogP) is 5.14. The number of benzene rings is 2. The molecule has 2 aromatic rings. The van der Waals surface area contributed by atoms with Crippen LogP contribution in [0.25, 0.3) is 0 Å². The minimum atomic E-state index is -0.417. The van der Waals surface area contributed by atoms with Crippen molar-refractivity contribution in [1.82, 2.24) is 10.2 Å². The highest BCUT2D eigenvalue weighted by molar-refractivity contribution is 7.80. The van der Waals surface area contributed by atoms with Crippen LogP contribution in [-0.4, -0.2) is 34.9 Å². The van der Waals surface area contributed by atoms with E-state index in [1.54, 1.807) is 30.3 Å². The standard InChI is InChI=1S/C21H21Cl2N3O2S/c22-16-11-15(12-17(23)13-16)19(27)25-21(29)24-18-7-5-14(6-8-18)20(28)26-9-3-1-2-4-10-26/h5-8,11-13H,1-4,9-10H2,(H2,24,25,27,29). The number of thiocarbonyl (C=S) groups is 1. The number of likely N-dealkylation sites (tertiary alicyclic amines) is 1. The first kappa shape index (κ1) is 21.6. The Balaban J connectivity index is 1.58. The molecule has 1 fully saturated rings. The van der Waals surface area contributed by atoms with E-state index in [1.807, 2.05) is 4.90 Å². The molecule has 1 aliphatic heterocycles. The smallest absolute Gasteiger partial charge is 0.257 e. The van der Waals surface area contributed by atoms with Gasteiger partial charge in [0.2, 0.25) is 0 Å². The minimum Gasteiger partial charge on any atom is -0.339 e. The van der Waals surface area contributed by atoms with Gasteiger partial charge in [0.25, 0.3) is 11.8 Å². The summed E-state index contributed by atoms with van der Waals surface area (Å²) < 4.78 is 0. The zero-order valence-corrected chi connectivity index (χ0v) is 18.0. The quantitative estimate of drug-likeness (QED) is 0.636. The van der Waals surface area contributed by atoms with Gasteiger partial charge in [-0.3, -0.25) is 14.9 Å². The SMILES string of the molecule is O=C(NC(=S)Nc1ccc(C(=O)N2CCCCCC2)cc1)c1cc(Cl)cc(Cl)c1. The molecule has 152 valence electrons. The lowest BCUT2D eigenvalue weighted by atomic mass is 10.1. The summed E-state index contributed by atoms with van der Waals surface area (Å²) in [5.41, 5.74) is 1.62. The highest BCUT2D eigenvalue weighted by Gasteiger charge is 2.17. The zero-order chi connectivity index (χ0) is 20.8. The van der Waals surface area contributed by atoms with E-state index in [0.29, 0.717) is 26.9 Å². The molecule has 2 N–H and O–H groups in total. The van der Waals surface area contributed by atoms with Crippen LogP contribution in [0.15, 0.2) is 42.5 Å². The number of hydrogen-bond donors (Lipinski definition) is 2. The van der Waals surface area contributed by atoms with Gasteiger partial charge in [-0.1, -0.05) is 36.0 Å². The fourth-order valence-electron chi connectivity index (χ4n) is 3.18. The van der Waals surface area contributed by atoms with Gasteiger partial charge >= 0.3 is 0 Å². The van der Waals surface area contributed by atoms with E-state index in [4.69, 9.17) is 35.4 Å². The topological polar surface area (TPSA) is 61.4 Å². The van der Waals surface area contributed by atoms with Crippen LogP contribution in [0.2, 0.25) is 10.0 Å². The Hall–Kier alpha value is -2.15. The maximum absolute atomic E-state index is 12.6. The van der Waals surface area contributed by atoms with E-state index in [2.05, 4.69) is 10.6 Å². The average molecular weight is 450 g/mol. The molecule has 0 unspecified atom stereocenters. The van der Waals surface area contributed by atoms with Crippen molar-refractivity contribution in [3.63, 3.8) is 0 Å². The van der Waals surface area contributed by atoms with Gasteiger partial charge in [-0.2, -0.15) is 0 Å². The summed E-state index contributed by atoms with van der Waals surface area (Å²) in [6.07, 6.45) is 4.46. The van der Waals surface area contributed by atoms with E-state index in [1.165, 1.54) is 25.0 Å². The Bertz CT molecular complexity index is 890. The number of nitrogens with zero attached hydrogens (tertiary/aromatic N) is 1. The second-order valence-electron chi connectivity index (χ2n) is 6.85. The number of halogens is 2. The predicted molar refractivity (Wildman–Crippen MR) is 121 cm³/mol. The van der Waals surface area contributed by atoms with Crippen LogP contribution in [0.1, 0.15) is 46.4 Å². The summed E-state index contributed by atoms with van der Waals surface area (Å²) in [4.78, 5) is 26.8. The fraction of sp³-hybridized carbons (Fsp3) is 0.286. The molecule has 3 rings (SSSR count). The van der Waals surface area contributed by atoms with E-state index in [0.717, 1.165) is 25.9 Å². The molecular formula is C21H21Cl2N3O2S. The largest absolute Gasteiger partial charge is 0.339 e. The maximum Gasteiger partial charge on any atom is 0.257 e. The summed E-state index contributed by atoms with van der Waals surface area (Å²) in [6.45, 7) is 1.62. The third-order valence-electron chi connectivity index (χ3n) is 4.63. The first-order valence-electron chi connectivity index (χ1n) is 9.40. The molecule has 0 radical (unpaired) electrons. The molecule has 5 nitrogen and oxygen atoms in total. The van der Waals surface area contributed by atoms with Gasteiger partial charge in [0.15, 0.2) is 5.11 Å². The Morgan fingerprint density at radius 3 is 2.03 bits per heavy atom. The summed E-state index contributed by atoms with van der Waals surface area (Å²) >= 11 is 17.0. The molecule has 0 bridgehead atoms. The molecule has 2 amide bonds. The number of nitrogens with one attached hydrogen (secondary N) is 2. The second kappa shape index (κ2) is 10.1. The Morgan fingerprint density at radius 2 is 1.45 bits per heavy atom. The molecular weight excluding hydrogens is 429 g/mol. The van der Waals surface area contributed by atoms with Crippen LogP contribution in [0, 0.1) is 0 Å². The Kier molecular flexibility index (Phi) is 7.47. The van der Waals surface area contributed by atoms with Crippen LogP contribution in [0.5, 0.6) is 0 Å². The number of carbonyl (C=O) groups is 2. The third kappa shape index (κ3) is 6.16. The minimum absolute atomic E-state index is 0.0483. The second-order valence-corrected chi connectivity index (χ2v) is 8.13. The van der Waals surface area contributed by atoms with Gasteiger partial charge in [0, 0.05) is 39.9 Å². The van der Waals surface area contributed by atoms with Crippen molar-refractivity contribution in [2.75, 3.05) is 18.4 Å². The first-order valence-corrected chi connectivity index (χ1v) is 10.6. The molecule has 1 saturated heterocycles. The average Bonchev–Trinajstić information content (AvgIpc) is 2.96. The molecule has 0 aliphatic carbocycles. The molecule has 0 aromatic heterocycles. The van der Waals surface area contributed by atoms with Gasteiger partial charge in [-0.05, 0) is 67.5 Å². The van der Waals surface area contributed by atoms with E-state index >= 15 is 0 Å². The Morgan fingerprint density at radius 1 is 0.862 bits per heavy atom. The van der Waals surface area contributed by atoms with Crippen molar-refractivity contribution >= 4 is 58.0 Å². The summed E-state index contributed by atoms with van der Waals surface area (Å²) in [5, 5.41) is 6.39. The highest BCUT2D eigenvalue weighted by Crippen LogP contribution is 2.19. The van der Waals surface area contributed by atoms with Gasteiger partial charge < -0.3 is 10.2 Å². The van der Waals surface area contributed by atoms with Crippen molar-refractivity contribution in [2.24, 2.45) is 0 Å². The molecule has 1 heterocycles. The number of rotatable bonds is 3. The molecule has 2 aromatic carbocycles. The maximum atomic E-state index is 12.6. The first-order chi connectivity index (χ1) is 13.9. The molecule has 29 heavy (non-hydrogen) atoms. The lowest BCUT2D eigenvalue weighted by molar-refractivity contribution is 0.0761. The number of anilines is 1. The number of hydrogen-bond acceptors (Lipinski definition) is 3. The van der Waals surface area contributed by atoms with Crippen LogP contribution in [0.3, 0.4) is 0 Å². The van der Waals surface area contributed by atoms with Crippen LogP contribution < -0.4 is 10.6 Å². The summed E-state index contributed by atoms with van der Waals surface area (Å²) in [5.74, 6) is -0.368. The van der Waals surface area contributed by atoms with E-state index in [9.17, 15) is 9.59 Å². The summed E-state index contributed by atoms with van der Waals surface area (Å²) in [6, 6.07) is 11.6. The van der Waals surface area contributed by atoms with Crippen molar-refractivity contribution in [3.8, 4) is 0 Å². The Labute approximate surface area is 185 Å². The molecule has 0 saturated carbocycles. The van der Waals surface area contributed by atoms with E-state index < -0.39 is 5.91 Å². The number of amides is 2. The van der Waals surface area contributed by atoms with Crippen LogP contribution in [-0.2, 0) is 0 Å². The van der Waals surface area contributed by atoms with Gasteiger partial charge in [-0.15, -0.1) is 0 Å². The lowest BCUT2D eigenvalue weighted by Gasteiger charge is -2.20. The molecule has 0 spiro atoms. The van der Waals surface area contributed by atoms with Crippen LogP contribution >= 0.6 is 35.4 Å². The molecule has 1 aliphatic rings. The van der Waals surface area contributed by atoms with Crippen molar-refractivity contribution in [2.45, 2.75) is 25.7 Å².